The van der Waals surface area contributed by atoms with E-state index in [1.165, 1.54) is 18.3 Å². The van der Waals surface area contributed by atoms with E-state index in [0.717, 1.165) is 14.5 Å². The maximum absolute atomic E-state index is 12.8. The van der Waals surface area contributed by atoms with Gasteiger partial charge in [0.2, 0.25) is 10.0 Å². The molecule has 8 heteroatoms. The Hall–Kier alpha value is -0.440. The van der Waals surface area contributed by atoms with Crippen molar-refractivity contribution >= 4 is 43.3 Å². The number of aliphatic carboxylic acids is 1. The number of aryl methyl sites for hydroxylation is 1. The lowest BCUT2D eigenvalue weighted by atomic mass is 9.91. The molecule has 0 spiro atoms. The normalized spacial score (nSPS) is 24.8. The molecular formula is C12H16BrNO4S2. The molecule has 20 heavy (non-hydrogen) atoms. The minimum absolute atomic E-state index is 0.198. The van der Waals surface area contributed by atoms with Crippen LogP contribution >= 0.6 is 27.3 Å². The Labute approximate surface area is 130 Å². The Kier molecular flexibility index (Phi) is 4.30. The molecule has 2 rings (SSSR count). The first-order valence-electron chi connectivity index (χ1n) is 6.22. The van der Waals surface area contributed by atoms with Crippen LogP contribution in [0.2, 0.25) is 0 Å². The van der Waals surface area contributed by atoms with E-state index >= 15 is 0 Å². The van der Waals surface area contributed by atoms with E-state index in [1.807, 2.05) is 0 Å². The number of carbonyl (C=O) groups is 1. The highest BCUT2D eigenvalue weighted by Crippen LogP contribution is 2.37. The first-order valence-corrected chi connectivity index (χ1v) is 9.27. The van der Waals surface area contributed by atoms with Gasteiger partial charge < -0.3 is 5.11 Å². The number of thiophene rings is 1. The molecule has 112 valence electrons. The predicted molar refractivity (Wildman–Crippen MR) is 80.5 cm³/mol. The lowest BCUT2D eigenvalue weighted by Crippen LogP contribution is -2.57. The van der Waals surface area contributed by atoms with Crippen molar-refractivity contribution in [2.24, 2.45) is 0 Å². The van der Waals surface area contributed by atoms with Gasteiger partial charge in [-0.2, -0.15) is 4.31 Å². The first kappa shape index (κ1) is 15.9. The fraction of sp³-hybridized carbons (Fsp3) is 0.583. The Morgan fingerprint density at radius 2 is 2.15 bits per heavy atom. The van der Waals surface area contributed by atoms with Crippen LogP contribution in [0.3, 0.4) is 0 Å². The molecule has 0 radical (unpaired) electrons. The van der Waals surface area contributed by atoms with Crippen LogP contribution in [0.15, 0.2) is 14.7 Å². The quantitative estimate of drug-likeness (QED) is 0.873. The molecule has 0 aliphatic carbocycles. The third-order valence-corrected chi connectivity index (χ3v) is 7.52. The number of carboxylic acid groups (broad SMARTS) is 1. The van der Waals surface area contributed by atoms with Gasteiger partial charge in [0.1, 0.15) is 5.54 Å². The van der Waals surface area contributed by atoms with Crippen molar-refractivity contribution in [3.63, 3.8) is 0 Å². The molecule has 2 heterocycles. The summed E-state index contributed by atoms with van der Waals surface area (Å²) < 4.78 is 27.5. The smallest absolute Gasteiger partial charge is 0.324 e. The van der Waals surface area contributed by atoms with E-state index in [2.05, 4.69) is 15.9 Å². The molecule has 1 aromatic rings. The molecule has 1 aliphatic rings. The highest BCUT2D eigenvalue weighted by atomic mass is 79.9. The van der Waals surface area contributed by atoms with Gasteiger partial charge in [0.05, 0.1) is 8.68 Å². The number of piperidine rings is 1. The third-order valence-electron chi connectivity index (χ3n) is 3.70. The van der Waals surface area contributed by atoms with Gasteiger partial charge in [0.15, 0.2) is 0 Å². The Bertz CT molecular complexity index is 640. The Morgan fingerprint density at radius 3 is 2.65 bits per heavy atom. The van der Waals surface area contributed by atoms with E-state index in [1.54, 1.807) is 13.0 Å². The summed E-state index contributed by atoms with van der Waals surface area (Å²) in [6.45, 7) is 3.46. The second-order valence-corrected chi connectivity index (χ2v) is 9.55. The van der Waals surface area contributed by atoms with Crippen LogP contribution in [-0.4, -0.2) is 35.9 Å². The van der Waals surface area contributed by atoms with Crippen molar-refractivity contribution < 1.29 is 18.3 Å². The number of nitrogens with zero attached hydrogens (tertiary/aromatic N) is 1. The van der Waals surface area contributed by atoms with Crippen molar-refractivity contribution in [3.05, 3.63) is 14.7 Å². The van der Waals surface area contributed by atoms with Crippen molar-refractivity contribution in [1.29, 1.82) is 0 Å². The second-order valence-electron chi connectivity index (χ2n) is 5.08. The Morgan fingerprint density at radius 1 is 1.50 bits per heavy atom. The lowest BCUT2D eigenvalue weighted by molar-refractivity contribution is -0.149. The van der Waals surface area contributed by atoms with Crippen LogP contribution in [0.4, 0.5) is 0 Å². The lowest BCUT2D eigenvalue weighted by Gasteiger charge is -2.40. The monoisotopic (exact) mass is 381 g/mol. The highest BCUT2D eigenvalue weighted by molar-refractivity contribution is 9.11. The van der Waals surface area contributed by atoms with E-state index in [0.29, 0.717) is 17.7 Å². The zero-order valence-corrected chi connectivity index (χ0v) is 14.4. The third kappa shape index (κ3) is 2.54. The molecule has 1 saturated heterocycles. The van der Waals surface area contributed by atoms with Crippen LogP contribution in [-0.2, 0) is 14.8 Å². The summed E-state index contributed by atoms with van der Waals surface area (Å²) in [5, 5.41) is 9.44. The molecule has 0 saturated carbocycles. The summed E-state index contributed by atoms with van der Waals surface area (Å²) in [5.74, 6) is -1.09. The predicted octanol–water partition coefficient (Wildman–Crippen LogP) is 2.84. The number of hydrogen-bond donors (Lipinski definition) is 1. The number of sulfonamides is 1. The fourth-order valence-corrected chi connectivity index (χ4v) is 6.69. The number of rotatable bonds is 3. The molecular weight excluding hydrogens is 366 g/mol. The average molecular weight is 382 g/mol. The van der Waals surface area contributed by atoms with Gasteiger partial charge in [-0.3, -0.25) is 4.79 Å². The minimum atomic E-state index is -3.79. The molecule has 1 aromatic heterocycles. The topological polar surface area (TPSA) is 74.7 Å². The van der Waals surface area contributed by atoms with Gasteiger partial charge >= 0.3 is 5.97 Å². The van der Waals surface area contributed by atoms with Crippen LogP contribution in [0.25, 0.3) is 0 Å². The number of halogens is 1. The highest BCUT2D eigenvalue weighted by Gasteiger charge is 2.48. The van der Waals surface area contributed by atoms with Crippen molar-refractivity contribution in [2.45, 2.75) is 43.5 Å². The number of carboxylic acids is 1. The van der Waals surface area contributed by atoms with Crippen LogP contribution in [0.5, 0.6) is 0 Å². The molecule has 1 aliphatic heterocycles. The van der Waals surface area contributed by atoms with Crippen molar-refractivity contribution in [2.75, 3.05) is 6.54 Å². The molecule has 0 bridgehead atoms. The van der Waals surface area contributed by atoms with E-state index < -0.39 is 21.5 Å². The summed E-state index contributed by atoms with van der Waals surface area (Å²) in [6, 6.07) is 1.55. The van der Waals surface area contributed by atoms with E-state index in [4.69, 9.17) is 0 Å². The van der Waals surface area contributed by atoms with Crippen LogP contribution in [0, 0.1) is 6.92 Å². The average Bonchev–Trinajstić information content (AvgIpc) is 2.69. The summed E-state index contributed by atoms with van der Waals surface area (Å²) >= 11 is 4.61. The molecule has 5 nitrogen and oxygen atoms in total. The molecule has 1 atom stereocenters. The van der Waals surface area contributed by atoms with Gasteiger partial charge in [-0.15, -0.1) is 11.3 Å². The maximum atomic E-state index is 12.8. The van der Waals surface area contributed by atoms with Gasteiger partial charge in [0, 0.05) is 11.4 Å². The molecule has 0 amide bonds. The van der Waals surface area contributed by atoms with Gasteiger partial charge in [-0.25, -0.2) is 8.42 Å². The van der Waals surface area contributed by atoms with E-state index in [-0.39, 0.29) is 11.4 Å². The molecule has 1 fully saturated rings. The minimum Gasteiger partial charge on any atom is -0.480 e. The van der Waals surface area contributed by atoms with E-state index in [9.17, 15) is 18.3 Å². The van der Waals surface area contributed by atoms with Crippen molar-refractivity contribution in [1.82, 2.24) is 4.31 Å². The van der Waals surface area contributed by atoms with Crippen LogP contribution < -0.4 is 0 Å². The number of hydrogen-bond acceptors (Lipinski definition) is 4. The molecule has 1 unspecified atom stereocenters. The zero-order valence-electron chi connectivity index (χ0n) is 11.2. The second kappa shape index (κ2) is 5.40. The van der Waals surface area contributed by atoms with Crippen LogP contribution in [0.1, 0.15) is 31.1 Å². The molecule has 1 N–H and O–H groups in total. The first-order chi connectivity index (χ1) is 9.19. The van der Waals surface area contributed by atoms with Gasteiger partial charge in [-0.05, 0) is 55.1 Å². The summed E-state index contributed by atoms with van der Waals surface area (Å²) in [4.78, 5) is 12.4. The van der Waals surface area contributed by atoms with Gasteiger partial charge in [0.25, 0.3) is 0 Å². The largest absolute Gasteiger partial charge is 0.480 e. The summed E-state index contributed by atoms with van der Waals surface area (Å²) in [6.07, 6.45) is 1.75. The summed E-state index contributed by atoms with van der Waals surface area (Å²) in [7, 11) is -3.79. The Balaban J connectivity index is 2.52. The standard InChI is InChI=1S/C12H16BrNO4S2/c1-8-9(7-10(13)19-8)20(17,18)14-6-4-3-5-12(14,2)11(15)16/h7H,3-6H2,1-2H3,(H,15,16). The zero-order chi connectivity index (χ0) is 15.1. The SMILES string of the molecule is Cc1sc(Br)cc1S(=O)(=O)N1CCCCC1(C)C(=O)O. The summed E-state index contributed by atoms with van der Waals surface area (Å²) in [5.41, 5.74) is -1.36. The fourth-order valence-electron chi connectivity index (χ4n) is 2.50. The molecule has 0 aromatic carbocycles. The van der Waals surface area contributed by atoms with Gasteiger partial charge in [-0.1, -0.05) is 0 Å². The van der Waals surface area contributed by atoms with Crippen molar-refractivity contribution in [3.8, 4) is 0 Å². The maximum Gasteiger partial charge on any atom is 0.324 e.